The van der Waals surface area contributed by atoms with Crippen LogP contribution in [-0.2, 0) is 0 Å². The van der Waals surface area contributed by atoms with Crippen molar-refractivity contribution < 1.29 is 0 Å². The van der Waals surface area contributed by atoms with Gasteiger partial charge in [0.2, 0.25) is 0 Å². The summed E-state index contributed by atoms with van der Waals surface area (Å²) in [6.07, 6.45) is 2.73. The Kier molecular flexibility index (Phi) is 9.32. The van der Waals surface area contributed by atoms with Crippen molar-refractivity contribution in [1.29, 1.82) is 0 Å². The van der Waals surface area contributed by atoms with Crippen molar-refractivity contribution in [3.05, 3.63) is 60.7 Å². The second-order valence-electron chi connectivity index (χ2n) is 4.31. The van der Waals surface area contributed by atoms with Gasteiger partial charge >= 0.3 is 42.6 Å². The third kappa shape index (κ3) is 6.65. The molecule has 0 bridgehead atoms. The van der Waals surface area contributed by atoms with E-state index >= 15 is 0 Å². The van der Waals surface area contributed by atoms with Crippen molar-refractivity contribution in [1.82, 2.24) is 0 Å². The number of unbranched alkanes of at least 4 members (excludes halogenated alkanes) is 1. The molecular weight excluding hydrogens is 266 g/mol. The maximum absolute atomic E-state index is 6.40. The van der Waals surface area contributed by atoms with Gasteiger partial charge in [-0.25, -0.2) is 0 Å². The van der Waals surface area contributed by atoms with Gasteiger partial charge in [-0.05, 0) is 10.6 Å². The molecule has 2 aromatic rings. The zero-order valence-electron chi connectivity index (χ0n) is 11.7. The number of hydrogen-bond acceptors (Lipinski definition) is 0. The minimum absolute atomic E-state index is 0.699. The van der Waals surface area contributed by atoms with E-state index in [1.165, 1.54) is 28.5 Å². The normalized spacial score (nSPS) is 9.95. The van der Waals surface area contributed by atoms with E-state index in [1.807, 2.05) is 36.4 Å². The Morgan fingerprint density at radius 3 is 1.58 bits per heavy atom. The van der Waals surface area contributed by atoms with E-state index in [-0.39, 0.29) is 0 Å². The average Bonchev–Trinajstić information content (AvgIpc) is 2.50. The van der Waals surface area contributed by atoms with Crippen molar-refractivity contribution in [2.24, 2.45) is 0 Å². The molecule has 0 aliphatic rings. The third-order valence-electron chi connectivity index (χ3n) is 2.67. The molecule has 0 nitrogen and oxygen atoms in total. The van der Waals surface area contributed by atoms with E-state index in [0.29, 0.717) is 0 Å². The second kappa shape index (κ2) is 10.5. The van der Waals surface area contributed by atoms with Crippen LogP contribution in [0, 0.1) is 0 Å². The Balaban J connectivity index is 0.000000312. The third-order valence-corrected chi connectivity index (χ3v) is 5.35. The summed E-state index contributed by atoms with van der Waals surface area (Å²) in [4.78, 5) is 0. The predicted molar refractivity (Wildman–Crippen MR) is 90.4 cm³/mol. The van der Waals surface area contributed by atoms with Crippen LogP contribution in [0.5, 0.6) is 0 Å². The zero-order valence-corrected chi connectivity index (χ0v) is 13.4. The summed E-state index contributed by atoms with van der Waals surface area (Å²) in [6.45, 7) is 2.21. The molecule has 0 spiro atoms. The van der Waals surface area contributed by atoms with Gasteiger partial charge in [0, 0.05) is 0 Å². The van der Waals surface area contributed by atoms with Crippen LogP contribution < -0.4 is 10.6 Å². The van der Waals surface area contributed by atoms with E-state index in [0.717, 1.165) is 0 Å². The van der Waals surface area contributed by atoms with E-state index in [1.54, 1.807) is 0 Å². The van der Waals surface area contributed by atoms with Gasteiger partial charge in [0.15, 0.2) is 0 Å². The van der Waals surface area contributed by atoms with Crippen molar-refractivity contribution in [2.75, 3.05) is 0 Å². The Labute approximate surface area is 132 Å². The zero-order chi connectivity index (χ0) is 13.9. The van der Waals surface area contributed by atoms with Crippen LogP contribution in [0.25, 0.3) is 0 Å². The van der Waals surface area contributed by atoms with Crippen LogP contribution in [0.15, 0.2) is 60.7 Å². The van der Waals surface area contributed by atoms with Crippen molar-refractivity contribution in [2.45, 2.75) is 24.9 Å². The summed E-state index contributed by atoms with van der Waals surface area (Å²) >= 11 is 8.61. The monoisotopic (exact) mass is 284 g/mol. The summed E-state index contributed by atoms with van der Waals surface area (Å²) < 4.78 is 0. The Morgan fingerprint density at radius 1 is 0.895 bits per heavy atom. The maximum atomic E-state index is 6.40. The fourth-order valence-electron chi connectivity index (χ4n) is 1.62. The van der Waals surface area contributed by atoms with Crippen LogP contribution in [0.1, 0.15) is 19.8 Å². The molecule has 0 atom stereocenters. The van der Waals surface area contributed by atoms with Gasteiger partial charge in [-0.3, -0.25) is 0 Å². The van der Waals surface area contributed by atoms with Gasteiger partial charge in [0.05, 0.1) is 7.27 Å². The fraction of sp³-hybridized carbons (Fsp3) is 0.250. The minimum atomic E-state index is -0.699. The van der Waals surface area contributed by atoms with Crippen LogP contribution in [-0.4, -0.2) is 17.7 Å². The first-order chi connectivity index (χ1) is 9.29. The standard InChI is InChI=1S/C12H10ClP.C4H9.Li/c13-14(11-7-3-1-4-8-11)12-9-5-2-6-10-12;1-3-4-2;/h1-10H;1,3-4H2,2H3;. The topological polar surface area (TPSA) is 0 Å². The molecule has 0 radical (unpaired) electrons. The summed E-state index contributed by atoms with van der Waals surface area (Å²) in [5, 5.41) is 3.75. The molecule has 0 heterocycles. The van der Waals surface area contributed by atoms with Gasteiger partial charge < -0.3 is 0 Å². The summed E-state index contributed by atoms with van der Waals surface area (Å²) in [5.74, 6) is 0. The molecule has 0 aromatic heterocycles. The van der Waals surface area contributed by atoms with E-state index in [2.05, 4.69) is 48.9 Å². The molecule has 2 aromatic carbocycles. The Morgan fingerprint density at radius 2 is 1.32 bits per heavy atom. The van der Waals surface area contributed by atoms with Crippen LogP contribution in [0.2, 0.25) is 5.09 Å². The predicted octanol–water partition coefficient (Wildman–Crippen LogP) is 4.65. The molecular formula is C16H19ClLiP. The summed E-state index contributed by atoms with van der Waals surface area (Å²) in [6, 6.07) is 20.4. The van der Waals surface area contributed by atoms with Gasteiger partial charge in [0.1, 0.15) is 0 Å². The van der Waals surface area contributed by atoms with Crippen LogP contribution >= 0.6 is 18.5 Å². The van der Waals surface area contributed by atoms with Crippen molar-refractivity contribution in [3.63, 3.8) is 0 Å². The SMILES string of the molecule is ClP(c1ccccc1)c1ccccc1.[Li][CH2]CCC. The molecule has 0 N–H and O–H groups in total. The van der Waals surface area contributed by atoms with E-state index in [9.17, 15) is 0 Å². The summed E-state index contributed by atoms with van der Waals surface area (Å²) in [7, 11) is -0.699. The van der Waals surface area contributed by atoms with Gasteiger partial charge in [0.25, 0.3) is 0 Å². The first-order valence-corrected chi connectivity index (χ1v) is 9.10. The number of benzene rings is 2. The fourth-order valence-corrected chi connectivity index (χ4v) is 3.46. The number of rotatable bonds is 4. The second-order valence-corrected chi connectivity index (χ2v) is 6.91. The molecule has 0 aliphatic carbocycles. The first kappa shape index (κ1) is 16.8. The van der Waals surface area contributed by atoms with E-state index in [4.69, 9.17) is 11.2 Å². The van der Waals surface area contributed by atoms with E-state index < -0.39 is 7.27 Å². The van der Waals surface area contributed by atoms with Gasteiger partial charge in [-0.15, -0.1) is 0 Å². The van der Waals surface area contributed by atoms with Crippen molar-refractivity contribution in [3.8, 4) is 0 Å². The molecule has 0 amide bonds. The molecule has 3 heteroatoms. The Hall–Kier alpha value is -0.243. The van der Waals surface area contributed by atoms with Crippen LogP contribution in [0.4, 0.5) is 0 Å². The first-order valence-electron chi connectivity index (χ1n) is 6.85. The molecule has 0 saturated carbocycles. The molecule has 19 heavy (non-hydrogen) atoms. The van der Waals surface area contributed by atoms with Gasteiger partial charge in [-0.2, -0.15) is 0 Å². The average molecular weight is 285 g/mol. The number of halogens is 1. The molecule has 96 valence electrons. The number of hydrogen-bond donors (Lipinski definition) is 0. The van der Waals surface area contributed by atoms with Gasteiger partial charge in [-0.1, -0.05) is 71.9 Å². The molecule has 2 rings (SSSR count). The molecule has 0 fully saturated rings. The van der Waals surface area contributed by atoms with Crippen molar-refractivity contribution >= 4 is 46.8 Å². The molecule has 0 saturated heterocycles. The van der Waals surface area contributed by atoms with Crippen LogP contribution in [0.3, 0.4) is 0 Å². The quantitative estimate of drug-likeness (QED) is 0.566. The molecule has 0 aliphatic heterocycles. The molecule has 0 unspecified atom stereocenters. The Bertz CT molecular complexity index is 392. The summed E-state index contributed by atoms with van der Waals surface area (Å²) in [5.41, 5.74) is 0.